The summed E-state index contributed by atoms with van der Waals surface area (Å²) < 4.78 is 0. The van der Waals surface area contributed by atoms with Crippen LogP contribution in [0.2, 0.25) is 0 Å². The highest BCUT2D eigenvalue weighted by molar-refractivity contribution is 7.39. The highest BCUT2D eigenvalue weighted by Crippen LogP contribution is 2.43. The summed E-state index contributed by atoms with van der Waals surface area (Å²) in [7, 11) is 0.839. The Labute approximate surface area is 137 Å². The summed E-state index contributed by atoms with van der Waals surface area (Å²) in [6, 6.07) is 6.14. The Hall–Kier alpha value is -1.27. The number of aromatic nitrogens is 1. The van der Waals surface area contributed by atoms with Crippen LogP contribution in [0.4, 0.5) is 0 Å². The first-order chi connectivity index (χ1) is 10.3. The van der Waals surface area contributed by atoms with Gasteiger partial charge in [-0.05, 0) is 36.7 Å². The standard InChI is InChI=1S/C19H29N2P/c1-7-11-17(20-8-2)18(3,4)15-19(5,6)22-14-16-12-9-10-13-21-16/h7-13,22H,2,14-15H2,1,3-6H3/b11-7-,20-17?. The van der Waals surface area contributed by atoms with Crippen LogP contribution in [0.3, 0.4) is 0 Å². The lowest BCUT2D eigenvalue weighted by Gasteiger charge is -2.35. The van der Waals surface area contributed by atoms with Crippen LogP contribution in [0.15, 0.2) is 54.3 Å². The Morgan fingerprint density at radius 3 is 2.59 bits per heavy atom. The molecule has 0 aromatic carbocycles. The third-order valence-electron chi connectivity index (χ3n) is 3.61. The zero-order chi connectivity index (χ0) is 16.6. The maximum absolute atomic E-state index is 4.47. The first-order valence-corrected chi connectivity index (χ1v) is 8.98. The average molecular weight is 316 g/mol. The van der Waals surface area contributed by atoms with E-state index in [1.807, 2.05) is 25.3 Å². The fourth-order valence-corrected chi connectivity index (χ4v) is 4.23. The normalized spacial score (nSPS) is 14.1. The molecule has 0 spiro atoms. The van der Waals surface area contributed by atoms with E-state index in [1.54, 1.807) is 6.20 Å². The fourth-order valence-electron chi connectivity index (χ4n) is 2.79. The predicted molar refractivity (Wildman–Crippen MR) is 101 cm³/mol. The summed E-state index contributed by atoms with van der Waals surface area (Å²) in [5.41, 5.74) is 2.31. The molecule has 1 aromatic heterocycles. The van der Waals surface area contributed by atoms with Gasteiger partial charge in [0.25, 0.3) is 0 Å². The molecule has 1 heterocycles. The Kier molecular flexibility index (Phi) is 7.16. The van der Waals surface area contributed by atoms with Gasteiger partial charge in [-0.25, -0.2) is 0 Å². The Morgan fingerprint density at radius 2 is 2.05 bits per heavy atom. The maximum atomic E-state index is 4.47. The monoisotopic (exact) mass is 316 g/mol. The Bertz CT molecular complexity index is 528. The number of nitrogens with zero attached hydrogens (tertiary/aromatic N) is 2. The molecule has 120 valence electrons. The van der Waals surface area contributed by atoms with Crippen molar-refractivity contribution in [2.45, 2.75) is 52.4 Å². The number of hydrogen-bond donors (Lipinski definition) is 0. The number of allylic oxidation sites excluding steroid dienone is 2. The molecule has 0 radical (unpaired) electrons. The van der Waals surface area contributed by atoms with Crippen LogP contribution in [0.1, 0.15) is 46.7 Å². The molecule has 0 bridgehead atoms. The van der Waals surface area contributed by atoms with Gasteiger partial charge >= 0.3 is 0 Å². The molecule has 0 saturated heterocycles. The Morgan fingerprint density at radius 1 is 1.32 bits per heavy atom. The van der Waals surface area contributed by atoms with Gasteiger partial charge in [0.15, 0.2) is 0 Å². The summed E-state index contributed by atoms with van der Waals surface area (Å²) in [4.78, 5) is 8.90. The van der Waals surface area contributed by atoms with E-state index < -0.39 is 0 Å². The molecule has 0 saturated carbocycles. The van der Waals surface area contributed by atoms with E-state index in [1.165, 1.54) is 5.69 Å². The highest BCUT2D eigenvalue weighted by Gasteiger charge is 2.31. The van der Waals surface area contributed by atoms with Crippen molar-refractivity contribution in [3.63, 3.8) is 0 Å². The van der Waals surface area contributed by atoms with Crippen molar-refractivity contribution in [3.8, 4) is 0 Å². The molecule has 1 atom stereocenters. The summed E-state index contributed by atoms with van der Waals surface area (Å²) in [6.45, 7) is 15.0. The van der Waals surface area contributed by atoms with Gasteiger partial charge in [-0.3, -0.25) is 9.98 Å². The van der Waals surface area contributed by atoms with E-state index in [2.05, 4.69) is 62.5 Å². The second kappa shape index (κ2) is 8.39. The maximum Gasteiger partial charge on any atom is 0.0456 e. The van der Waals surface area contributed by atoms with Gasteiger partial charge in [0, 0.05) is 35.4 Å². The van der Waals surface area contributed by atoms with Gasteiger partial charge in [-0.15, -0.1) is 8.58 Å². The van der Waals surface area contributed by atoms with Crippen LogP contribution in [0.5, 0.6) is 0 Å². The molecule has 0 amide bonds. The second-order valence-electron chi connectivity index (χ2n) is 6.82. The predicted octanol–water partition coefficient (Wildman–Crippen LogP) is 5.62. The van der Waals surface area contributed by atoms with E-state index in [4.69, 9.17) is 0 Å². The minimum absolute atomic E-state index is 0.0291. The van der Waals surface area contributed by atoms with Gasteiger partial charge in [-0.1, -0.05) is 46.4 Å². The molecular weight excluding hydrogens is 287 g/mol. The van der Waals surface area contributed by atoms with Crippen LogP contribution in [-0.4, -0.2) is 15.9 Å². The highest BCUT2D eigenvalue weighted by atomic mass is 31.1. The quantitative estimate of drug-likeness (QED) is 0.451. The second-order valence-corrected chi connectivity index (χ2v) is 8.88. The van der Waals surface area contributed by atoms with Crippen LogP contribution >= 0.6 is 8.58 Å². The average Bonchev–Trinajstić information content (AvgIpc) is 2.45. The molecule has 0 fully saturated rings. The van der Waals surface area contributed by atoms with Crippen molar-refractivity contribution >= 4 is 14.3 Å². The molecule has 1 unspecified atom stereocenters. The van der Waals surface area contributed by atoms with Crippen molar-refractivity contribution in [3.05, 3.63) is 55.0 Å². The molecule has 3 heteroatoms. The largest absolute Gasteiger partial charge is 0.261 e. The lowest BCUT2D eigenvalue weighted by atomic mass is 9.79. The molecule has 2 nitrogen and oxygen atoms in total. The van der Waals surface area contributed by atoms with E-state index in [9.17, 15) is 0 Å². The van der Waals surface area contributed by atoms with Gasteiger partial charge < -0.3 is 0 Å². The van der Waals surface area contributed by atoms with Crippen molar-refractivity contribution in [1.82, 2.24) is 4.98 Å². The summed E-state index contributed by atoms with van der Waals surface area (Å²) in [5.74, 6) is 0. The molecule has 0 aliphatic heterocycles. The molecule has 1 aromatic rings. The summed E-state index contributed by atoms with van der Waals surface area (Å²) in [5, 5.41) is 0.255. The van der Waals surface area contributed by atoms with Crippen molar-refractivity contribution in [2.24, 2.45) is 10.4 Å². The van der Waals surface area contributed by atoms with Crippen molar-refractivity contribution in [1.29, 1.82) is 0 Å². The Balaban J connectivity index is 2.76. The van der Waals surface area contributed by atoms with Gasteiger partial charge in [0.2, 0.25) is 0 Å². The molecule has 22 heavy (non-hydrogen) atoms. The van der Waals surface area contributed by atoms with Gasteiger partial charge in [0.1, 0.15) is 0 Å². The lowest BCUT2D eigenvalue weighted by Crippen LogP contribution is -2.31. The van der Waals surface area contributed by atoms with Crippen molar-refractivity contribution in [2.75, 3.05) is 0 Å². The van der Waals surface area contributed by atoms with Gasteiger partial charge in [-0.2, -0.15) is 0 Å². The van der Waals surface area contributed by atoms with E-state index in [-0.39, 0.29) is 10.6 Å². The molecule has 0 aliphatic carbocycles. The first kappa shape index (κ1) is 18.8. The van der Waals surface area contributed by atoms with Crippen LogP contribution in [0, 0.1) is 5.41 Å². The molecule has 0 aliphatic rings. The third kappa shape index (κ3) is 6.23. The first-order valence-electron chi connectivity index (χ1n) is 7.77. The SMILES string of the molecule is C=CN=C(/C=C\C)C(C)(C)CC(C)(C)PCc1ccccn1. The van der Waals surface area contributed by atoms with E-state index in [0.717, 1.165) is 26.9 Å². The summed E-state index contributed by atoms with van der Waals surface area (Å²) >= 11 is 0. The van der Waals surface area contributed by atoms with E-state index in [0.29, 0.717) is 0 Å². The lowest BCUT2D eigenvalue weighted by molar-refractivity contribution is 0.418. The third-order valence-corrected chi connectivity index (χ3v) is 5.28. The molecule has 1 rings (SSSR count). The number of rotatable bonds is 8. The van der Waals surface area contributed by atoms with Crippen LogP contribution in [-0.2, 0) is 6.16 Å². The molecular formula is C19H29N2P. The smallest absolute Gasteiger partial charge is 0.0456 e. The minimum atomic E-state index is 0.0291. The van der Waals surface area contributed by atoms with Crippen molar-refractivity contribution < 1.29 is 0 Å². The topological polar surface area (TPSA) is 25.2 Å². The van der Waals surface area contributed by atoms with Crippen LogP contribution in [0.25, 0.3) is 0 Å². The number of pyridine rings is 1. The number of hydrogen-bond acceptors (Lipinski definition) is 2. The van der Waals surface area contributed by atoms with Crippen LogP contribution < -0.4 is 0 Å². The molecule has 0 N–H and O–H groups in total. The fraction of sp³-hybridized carbons (Fsp3) is 0.474. The summed E-state index contributed by atoms with van der Waals surface area (Å²) in [6.07, 6.45) is 9.79. The minimum Gasteiger partial charge on any atom is -0.261 e. The zero-order valence-corrected chi connectivity index (χ0v) is 15.6. The zero-order valence-electron chi connectivity index (χ0n) is 14.6. The van der Waals surface area contributed by atoms with E-state index >= 15 is 0 Å². The number of aliphatic imine (C=N–C) groups is 1. The van der Waals surface area contributed by atoms with Gasteiger partial charge in [0.05, 0.1) is 0 Å².